The Labute approximate surface area is 120 Å². The first-order valence-corrected chi connectivity index (χ1v) is 6.91. The zero-order valence-corrected chi connectivity index (χ0v) is 12.8. The maximum atomic E-state index is 12.1. The minimum Gasteiger partial charge on any atom is -0.443 e. The normalized spacial score (nSPS) is 15.2. The number of halogens is 1. The second-order valence-electron chi connectivity index (χ2n) is 5.48. The molecule has 0 aromatic heterocycles. The van der Waals surface area contributed by atoms with Crippen molar-refractivity contribution in [3.63, 3.8) is 0 Å². The van der Waals surface area contributed by atoms with Gasteiger partial charge >= 0.3 is 6.09 Å². The Balaban J connectivity index is 2.35. The molecule has 4 nitrogen and oxygen atoms in total. The SMILES string of the molecule is CC(C)(C)OC(=O)N1C(=O)CCc2cc(Br)ccc21. The quantitative estimate of drug-likeness (QED) is 0.731. The predicted octanol–water partition coefficient (Wildman–Crippen LogP) is 3.66. The summed E-state index contributed by atoms with van der Waals surface area (Å²) < 4.78 is 6.22. The first kappa shape index (κ1) is 14.1. The molecule has 1 heterocycles. The highest BCUT2D eigenvalue weighted by Crippen LogP contribution is 2.31. The van der Waals surface area contributed by atoms with Crippen LogP contribution in [-0.2, 0) is 16.0 Å². The molecule has 19 heavy (non-hydrogen) atoms. The molecule has 1 aliphatic heterocycles. The summed E-state index contributed by atoms with van der Waals surface area (Å²) in [6.07, 6.45) is 0.357. The largest absolute Gasteiger partial charge is 0.443 e. The van der Waals surface area contributed by atoms with E-state index in [4.69, 9.17) is 4.74 Å². The molecule has 0 unspecified atom stereocenters. The van der Waals surface area contributed by atoms with Gasteiger partial charge in [-0.05, 0) is 51.0 Å². The van der Waals surface area contributed by atoms with Gasteiger partial charge in [-0.25, -0.2) is 9.69 Å². The fourth-order valence-electron chi connectivity index (χ4n) is 1.97. The Morgan fingerprint density at radius 1 is 1.32 bits per heavy atom. The lowest BCUT2D eigenvalue weighted by atomic mass is 10.0. The lowest BCUT2D eigenvalue weighted by Crippen LogP contribution is -2.43. The number of rotatable bonds is 0. The molecule has 0 atom stereocenters. The number of imide groups is 1. The van der Waals surface area contributed by atoms with Crippen LogP contribution in [0.1, 0.15) is 32.8 Å². The fourth-order valence-corrected chi connectivity index (χ4v) is 2.38. The molecule has 1 aliphatic rings. The highest BCUT2D eigenvalue weighted by molar-refractivity contribution is 9.10. The van der Waals surface area contributed by atoms with Crippen molar-refractivity contribution in [2.45, 2.75) is 39.2 Å². The van der Waals surface area contributed by atoms with Crippen LogP contribution < -0.4 is 4.90 Å². The summed E-state index contributed by atoms with van der Waals surface area (Å²) in [5.41, 5.74) is 0.971. The zero-order chi connectivity index (χ0) is 14.2. The number of benzene rings is 1. The van der Waals surface area contributed by atoms with Crippen molar-refractivity contribution in [1.29, 1.82) is 0 Å². The lowest BCUT2D eigenvalue weighted by molar-refractivity contribution is -0.118. The highest BCUT2D eigenvalue weighted by Gasteiger charge is 2.32. The van der Waals surface area contributed by atoms with E-state index in [-0.39, 0.29) is 5.91 Å². The summed E-state index contributed by atoms with van der Waals surface area (Å²) >= 11 is 3.39. The van der Waals surface area contributed by atoms with Gasteiger partial charge in [0.25, 0.3) is 0 Å². The molecular formula is C14H16BrNO3. The van der Waals surface area contributed by atoms with E-state index in [1.54, 1.807) is 26.8 Å². The van der Waals surface area contributed by atoms with E-state index in [1.807, 2.05) is 12.1 Å². The molecule has 0 saturated carbocycles. The second kappa shape index (κ2) is 4.96. The Morgan fingerprint density at radius 2 is 2.00 bits per heavy atom. The van der Waals surface area contributed by atoms with Gasteiger partial charge in [0.15, 0.2) is 0 Å². The van der Waals surface area contributed by atoms with E-state index in [0.717, 1.165) is 14.9 Å². The van der Waals surface area contributed by atoms with E-state index in [0.29, 0.717) is 18.5 Å². The number of fused-ring (bicyclic) bond motifs is 1. The first-order valence-electron chi connectivity index (χ1n) is 6.12. The van der Waals surface area contributed by atoms with Gasteiger partial charge in [0.05, 0.1) is 5.69 Å². The number of aryl methyl sites for hydroxylation is 1. The number of hydrogen-bond acceptors (Lipinski definition) is 3. The molecular weight excluding hydrogens is 310 g/mol. The molecule has 0 aliphatic carbocycles. The van der Waals surface area contributed by atoms with Crippen LogP contribution in [-0.4, -0.2) is 17.6 Å². The van der Waals surface area contributed by atoms with Crippen LogP contribution in [0.3, 0.4) is 0 Å². The Bertz CT molecular complexity index is 534. The number of nitrogens with zero attached hydrogens (tertiary/aromatic N) is 1. The van der Waals surface area contributed by atoms with Gasteiger partial charge in [0, 0.05) is 10.9 Å². The van der Waals surface area contributed by atoms with Crippen molar-refractivity contribution in [2.75, 3.05) is 4.90 Å². The van der Waals surface area contributed by atoms with Crippen LogP contribution in [0, 0.1) is 0 Å². The molecule has 2 amide bonds. The van der Waals surface area contributed by atoms with Gasteiger partial charge in [0.2, 0.25) is 5.91 Å². The standard InChI is InChI=1S/C14H16BrNO3/c1-14(2,3)19-13(18)16-11-6-5-10(15)8-9(11)4-7-12(16)17/h5-6,8H,4,7H2,1-3H3. The van der Waals surface area contributed by atoms with Gasteiger partial charge in [0.1, 0.15) is 5.60 Å². The molecule has 0 spiro atoms. The van der Waals surface area contributed by atoms with Crippen LogP contribution in [0.2, 0.25) is 0 Å². The first-order chi connectivity index (χ1) is 8.78. The number of amides is 2. The van der Waals surface area contributed by atoms with Crippen molar-refractivity contribution >= 4 is 33.6 Å². The van der Waals surface area contributed by atoms with E-state index >= 15 is 0 Å². The minimum absolute atomic E-state index is 0.218. The fraction of sp³-hybridized carbons (Fsp3) is 0.429. The second-order valence-corrected chi connectivity index (χ2v) is 6.40. The third kappa shape index (κ3) is 3.15. The lowest BCUT2D eigenvalue weighted by Gasteiger charge is -2.30. The molecule has 0 fully saturated rings. The average molecular weight is 326 g/mol. The molecule has 0 bridgehead atoms. The van der Waals surface area contributed by atoms with Crippen LogP contribution in [0.4, 0.5) is 10.5 Å². The Kier molecular flexibility index (Phi) is 3.67. The van der Waals surface area contributed by atoms with Crippen LogP contribution in [0.5, 0.6) is 0 Å². The van der Waals surface area contributed by atoms with E-state index in [9.17, 15) is 9.59 Å². The van der Waals surface area contributed by atoms with Gasteiger partial charge in [-0.2, -0.15) is 0 Å². The number of hydrogen-bond donors (Lipinski definition) is 0. The summed E-state index contributed by atoms with van der Waals surface area (Å²) in [4.78, 5) is 25.3. The number of ether oxygens (including phenoxy) is 1. The third-order valence-electron chi connectivity index (χ3n) is 2.72. The predicted molar refractivity (Wildman–Crippen MR) is 76.2 cm³/mol. The molecule has 0 radical (unpaired) electrons. The number of carbonyl (C=O) groups is 2. The van der Waals surface area contributed by atoms with Crippen LogP contribution in [0.25, 0.3) is 0 Å². The smallest absolute Gasteiger partial charge is 0.421 e. The highest BCUT2D eigenvalue weighted by atomic mass is 79.9. The maximum Gasteiger partial charge on any atom is 0.421 e. The molecule has 5 heteroatoms. The molecule has 1 aromatic carbocycles. The number of carbonyl (C=O) groups excluding carboxylic acids is 2. The average Bonchev–Trinajstić information content (AvgIpc) is 2.26. The molecule has 1 aromatic rings. The van der Waals surface area contributed by atoms with E-state index in [2.05, 4.69) is 15.9 Å². The van der Waals surface area contributed by atoms with Crippen molar-refractivity contribution in [2.24, 2.45) is 0 Å². The van der Waals surface area contributed by atoms with Crippen molar-refractivity contribution in [3.05, 3.63) is 28.2 Å². The molecule has 2 rings (SSSR count). The summed E-state index contributed by atoms with van der Waals surface area (Å²) in [6, 6.07) is 5.51. The maximum absolute atomic E-state index is 12.1. The van der Waals surface area contributed by atoms with E-state index < -0.39 is 11.7 Å². The van der Waals surface area contributed by atoms with E-state index in [1.165, 1.54) is 0 Å². The Hall–Kier alpha value is -1.36. The molecule has 102 valence electrons. The summed E-state index contributed by atoms with van der Waals surface area (Å²) in [5, 5.41) is 0. The third-order valence-corrected chi connectivity index (χ3v) is 3.21. The molecule has 0 saturated heterocycles. The summed E-state index contributed by atoms with van der Waals surface area (Å²) in [5.74, 6) is -0.218. The zero-order valence-electron chi connectivity index (χ0n) is 11.2. The van der Waals surface area contributed by atoms with Gasteiger partial charge in [-0.1, -0.05) is 15.9 Å². The van der Waals surface area contributed by atoms with Gasteiger partial charge < -0.3 is 4.74 Å². The van der Waals surface area contributed by atoms with Crippen molar-refractivity contribution in [1.82, 2.24) is 0 Å². The minimum atomic E-state index is -0.621. The molecule has 0 N–H and O–H groups in total. The summed E-state index contributed by atoms with van der Waals surface area (Å²) in [7, 11) is 0. The van der Waals surface area contributed by atoms with Crippen LogP contribution >= 0.6 is 15.9 Å². The van der Waals surface area contributed by atoms with Gasteiger partial charge in [-0.15, -0.1) is 0 Å². The topological polar surface area (TPSA) is 46.6 Å². The van der Waals surface area contributed by atoms with Crippen molar-refractivity contribution in [3.8, 4) is 0 Å². The monoisotopic (exact) mass is 325 g/mol. The van der Waals surface area contributed by atoms with Gasteiger partial charge in [-0.3, -0.25) is 4.79 Å². The van der Waals surface area contributed by atoms with Crippen molar-refractivity contribution < 1.29 is 14.3 Å². The number of anilines is 1. The Morgan fingerprint density at radius 3 is 2.63 bits per heavy atom. The van der Waals surface area contributed by atoms with Crippen LogP contribution in [0.15, 0.2) is 22.7 Å². The summed E-state index contributed by atoms with van der Waals surface area (Å²) in [6.45, 7) is 5.34.